The molecule has 5 aromatic heterocycles. The maximum Gasteiger partial charge on any atom is 0.181 e. The zero-order valence-corrected chi connectivity index (χ0v) is 22.2. The first-order valence-corrected chi connectivity index (χ1v) is 13.7. The third-order valence-corrected chi connectivity index (χ3v) is 7.76. The minimum Gasteiger partial charge on any atom is -0.335 e. The number of hydrogen-bond donors (Lipinski definition) is 3. The number of pyridine rings is 3. The predicted octanol–water partition coefficient (Wildman–Crippen LogP) is 6.35. The molecule has 3 N–H and O–H groups in total. The van der Waals surface area contributed by atoms with Crippen molar-refractivity contribution in [1.29, 1.82) is 0 Å². The third kappa shape index (κ3) is 4.73. The number of nitrogens with one attached hydrogen (secondary N) is 3. The number of rotatable bonds is 7. The predicted molar refractivity (Wildman–Crippen MR) is 154 cm³/mol. The van der Waals surface area contributed by atoms with E-state index in [-0.39, 0.29) is 5.82 Å². The van der Waals surface area contributed by atoms with E-state index in [1.54, 1.807) is 6.20 Å². The van der Waals surface area contributed by atoms with Crippen molar-refractivity contribution in [3.05, 3.63) is 78.1 Å². The molecule has 1 saturated carbocycles. The van der Waals surface area contributed by atoms with Crippen molar-refractivity contribution in [2.45, 2.75) is 39.2 Å². The molecular formula is C31H29FN8. The fourth-order valence-electron chi connectivity index (χ4n) is 5.78. The number of benzene rings is 1. The summed E-state index contributed by atoms with van der Waals surface area (Å²) in [6.45, 7) is 3.73. The van der Waals surface area contributed by atoms with Crippen molar-refractivity contribution < 1.29 is 4.39 Å². The standard InChI is InChI=1S/C31H29FN8/c1-18-8-21(11-24(32)9-18)25-6-7-35-30-27(25)37-31(38-30)28-26-12-23(17-36-29(26)40-39-28)22-10-20(15-34-16-22)14-33-13-19-4-2-3-5-19/h6-12,15-17,19,33H,2-5,13-14H2,1H3,(H,35,37,38)(H,36,39,40). The van der Waals surface area contributed by atoms with Crippen LogP contribution in [0.3, 0.4) is 0 Å². The molecule has 0 atom stereocenters. The van der Waals surface area contributed by atoms with E-state index in [2.05, 4.69) is 47.6 Å². The van der Waals surface area contributed by atoms with Gasteiger partial charge in [0, 0.05) is 48.0 Å². The highest BCUT2D eigenvalue weighted by Gasteiger charge is 2.18. The van der Waals surface area contributed by atoms with Crippen molar-refractivity contribution in [3.63, 3.8) is 0 Å². The van der Waals surface area contributed by atoms with E-state index in [4.69, 9.17) is 4.98 Å². The van der Waals surface area contributed by atoms with Crippen LogP contribution >= 0.6 is 0 Å². The summed E-state index contributed by atoms with van der Waals surface area (Å²) >= 11 is 0. The van der Waals surface area contributed by atoms with Gasteiger partial charge in [0.05, 0.1) is 10.9 Å². The first-order valence-electron chi connectivity index (χ1n) is 13.7. The van der Waals surface area contributed by atoms with Crippen LogP contribution in [-0.2, 0) is 6.54 Å². The second-order valence-electron chi connectivity index (χ2n) is 10.7. The molecule has 1 aromatic carbocycles. The summed E-state index contributed by atoms with van der Waals surface area (Å²) in [6.07, 6.45) is 12.7. The lowest BCUT2D eigenvalue weighted by molar-refractivity contribution is 0.489. The maximum absolute atomic E-state index is 14.2. The number of halogens is 1. The lowest BCUT2D eigenvalue weighted by atomic mass is 10.0. The molecule has 8 nitrogen and oxygen atoms in total. The molecule has 5 heterocycles. The Bertz CT molecular complexity index is 1810. The highest BCUT2D eigenvalue weighted by atomic mass is 19.1. The van der Waals surface area contributed by atoms with E-state index in [0.29, 0.717) is 22.8 Å². The zero-order chi connectivity index (χ0) is 27.1. The summed E-state index contributed by atoms with van der Waals surface area (Å²) in [5.41, 5.74) is 8.12. The van der Waals surface area contributed by atoms with E-state index >= 15 is 0 Å². The van der Waals surface area contributed by atoms with Crippen LogP contribution in [0.1, 0.15) is 36.8 Å². The van der Waals surface area contributed by atoms with Crippen LogP contribution in [0.5, 0.6) is 0 Å². The lowest BCUT2D eigenvalue weighted by Crippen LogP contribution is -2.20. The highest BCUT2D eigenvalue weighted by molar-refractivity contribution is 5.96. The molecule has 9 heteroatoms. The number of aromatic amines is 2. The van der Waals surface area contributed by atoms with E-state index in [9.17, 15) is 4.39 Å². The van der Waals surface area contributed by atoms with Crippen LogP contribution in [0.2, 0.25) is 0 Å². The topological polar surface area (TPSA) is 108 Å². The summed E-state index contributed by atoms with van der Waals surface area (Å²) in [5, 5.41) is 11.9. The van der Waals surface area contributed by atoms with Gasteiger partial charge in [-0.2, -0.15) is 5.10 Å². The minimum atomic E-state index is -0.277. The van der Waals surface area contributed by atoms with Gasteiger partial charge in [0.1, 0.15) is 11.5 Å². The second-order valence-corrected chi connectivity index (χ2v) is 10.7. The van der Waals surface area contributed by atoms with Crippen LogP contribution in [0.25, 0.3) is 56.0 Å². The molecule has 200 valence electrons. The number of H-pyrrole nitrogens is 2. The quantitative estimate of drug-likeness (QED) is 0.221. The smallest absolute Gasteiger partial charge is 0.181 e. The summed E-state index contributed by atoms with van der Waals surface area (Å²) < 4.78 is 14.2. The maximum atomic E-state index is 14.2. The third-order valence-electron chi connectivity index (χ3n) is 7.76. The molecular weight excluding hydrogens is 503 g/mol. The van der Waals surface area contributed by atoms with Gasteiger partial charge >= 0.3 is 0 Å². The fourth-order valence-corrected chi connectivity index (χ4v) is 5.78. The molecule has 0 unspecified atom stereocenters. The van der Waals surface area contributed by atoms with Crippen molar-refractivity contribution >= 4 is 22.2 Å². The Labute approximate surface area is 230 Å². The summed E-state index contributed by atoms with van der Waals surface area (Å²) in [6, 6.07) is 11.1. The van der Waals surface area contributed by atoms with Crippen LogP contribution < -0.4 is 5.32 Å². The number of aryl methyl sites for hydroxylation is 1. The highest BCUT2D eigenvalue weighted by Crippen LogP contribution is 2.32. The molecule has 6 aromatic rings. The fraction of sp³-hybridized carbons (Fsp3) is 0.258. The summed E-state index contributed by atoms with van der Waals surface area (Å²) in [5.74, 6) is 1.11. The Morgan fingerprint density at radius 1 is 0.950 bits per heavy atom. The average Bonchev–Trinajstić information content (AvgIpc) is 3.71. The lowest BCUT2D eigenvalue weighted by Gasteiger charge is -2.11. The molecule has 40 heavy (non-hydrogen) atoms. The Morgan fingerprint density at radius 2 is 1.82 bits per heavy atom. The monoisotopic (exact) mass is 532 g/mol. The number of aromatic nitrogens is 7. The molecule has 1 aliphatic carbocycles. The van der Waals surface area contributed by atoms with Crippen molar-refractivity contribution in [2.24, 2.45) is 5.92 Å². The van der Waals surface area contributed by atoms with Gasteiger partial charge in [-0.3, -0.25) is 10.1 Å². The van der Waals surface area contributed by atoms with Gasteiger partial charge in [-0.15, -0.1) is 0 Å². The molecule has 0 bridgehead atoms. The molecule has 0 amide bonds. The van der Waals surface area contributed by atoms with E-state index in [1.807, 2.05) is 37.6 Å². The molecule has 0 saturated heterocycles. The number of imidazole rings is 1. The Morgan fingerprint density at radius 3 is 2.70 bits per heavy atom. The van der Waals surface area contributed by atoms with Crippen LogP contribution in [-0.4, -0.2) is 41.7 Å². The van der Waals surface area contributed by atoms with Gasteiger partial charge in [-0.25, -0.2) is 19.3 Å². The summed E-state index contributed by atoms with van der Waals surface area (Å²) in [7, 11) is 0. The molecule has 1 fully saturated rings. The normalized spacial score (nSPS) is 14.1. The average molecular weight is 533 g/mol. The number of fused-ring (bicyclic) bond motifs is 2. The van der Waals surface area contributed by atoms with E-state index in [1.165, 1.54) is 37.8 Å². The number of hydrogen-bond acceptors (Lipinski definition) is 6. The largest absolute Gasteiger partial charge is 0.335 e. The van der Waals surface area contributed by atoms with Crippen LogP contribution in [0, 0.1) is 18.7 Å². The SMILES string of the molecule is Cc1cc(F)cc(-c2ccnc3nc(-c4[nH]nc5ncc(-c6cncc(CNCC7CCCC7)c6)cc45)[nH]c23)c1. The molecule has 0 aliphatic heterocycles. The van der Waals surface area contributed by atoms with Crippen molar-refractivity contribution in [1.82, 2.24) is 40.4 Å². The van der Waals surface area contributed by atoms with Crippen LogP contribution in [0.4, 0.5) is 4.39 Å². The second kappa shape index (κ2) is 10.2. The van der Waals surface area contributed by atoms with Gasteiger partial charge in [0.2, 0.25) is 0 Å². The van der Waals surface area contributed by atoms with Gasteiger partial charge < -0.3 is 10.3 Å². The van der Waals surface area contributed by atoms with Gasteiger partial charge in [-0.1, -0.05) is 18.9 Å². The van der Waals surface area contributed by atoms with Crippen molar-refractivity contribution in [3.8, 4) is 33.8 Å². The molecule has 0 spiro atoms. The molecule has 1 aliphatic rings. The Hall–Kier alpha value is -4.50. The molecule has 0 radical (unpaired) electrons. The van der Waals surface area contributed by atoms with Gasteiger partial charge in [0.25, 0.3) is 0 Å². The van der Waals surface area contributed by atoms with E-state index < -0.39 is 0 Å². The first kappa shape index (κ1) is 24.5. The zero-order valence-electron chi connectivity index (χ0n) is 22.2. The van der Waals surface area contributed by atoms with Crippen molar-refractivity contribution in [2.75, 3.05) is 6.54 Å². The Balaban J connectivity index is 1.21. The first-order chi connectivity index (χ1) is 19.6. The van der Waals surface area contributed by atoms with Gasteiger partial charge in [-0.05, 0) is 79.3 Å². The molecule has 7 rings (SSSR count). The number of nitrogens with zero attached hydrogens (tertiary/aromatic N) is 5. The Kier molecular flexibility index (Phi) is 6.28. The van der Waals surface area contributed by atoms with E-state index in [0.717, 1.165) is 63.3 Å². The minimum absolute atomic E-state index is 0.277. The van der Waals surface area contributed by atoms with Gasteiger partial charge in [0.15, 0.2) is 17.1 Å². The van der Waals surface area contributed by atoms with Crippen LogP contribution in [0.15, 0.2) is 61.2 Å². The summed E-state index contributed by atoms with van der Waals surface area (Å²) in [4.78, 5) is 21.7.